The lowest BCUT2D eigenvalue weighted by molar-refractivity contribution is -0.384. The minimum absolute atomic E-state index is 0.0832. The number of hydrogen-bond acceptors (Lipinski definition) is 4. The van der Waals surface area contributed by atoms with Crippen molar-refractivity contribution in [2.45, 2.75) is 26.7 Å². The predicted octanol–water partition coefficient (Wildman–Crippen LogP) is 3.18. The highest BCUT2D eigenvalue weighted by molar-refractivity contribution is 5.82. The molecule has 0 spiro atoms. The summed E-state index contributed by atoms with van der Waals surface area (Å²) in [5.74, 6) is 0. The molecule has 5 heteroatoms. The second-order valence-electron chi connectivity index (χ2n) is 3.51. The van der Waals surface area contributed by atoms with E-state index in [0.29, 0.717) is 0 Å². The van der Waals surface area contributed by atoms with E-state index in [1.165, 1.54) is 12.1 Å². The van der Waals surface area contributed by atoms with Crippen molar-refractivity contribution in [1.82, 2.24) is 0 Å². The zero-order chi connectivity index (χ0) is 12.0. The molecule has 1 rings (SSSR count). The summed E-state index contributed by atoms with van der Waals surface area (Å²) in [6.07, 6.45) is 2.00. The number of hydrazone groups is 1. The third kappa shape index (κ3) is 3.68. The molecule has 0 atom stereocenters. The van der Waals surface area contributed by atoms with E-state index in [0.717, 1.165) is 24.2 Å². The minimum atomic E-state index is -0.421. The monoisotopic (exact) mass is 221 g/mol. The summed E-state index contributed by atoms with van der Waals surface area (Å²) in [4.78, 5) is 10.00. The molecular formula is C11H15N3O2. The Labute approximate surface area is 94.3 Å². The molecule has 86 valence electrons. The van der Waals surface area contributed by atoms with E-state index in [-0.39, 0.29) is 5.69 Å². The van der Waals surface area contributed by atoms with Crippen LogP contribution in [-0.2, 0) is 0 Å². The van der Waals surface area contributed by atoms with E-state index >= 15 is 0 Å². The first-order valence-electron chi connectivity index (χ1n) is 5.17. The molecule has 5 nitrogen and oxygen atoms in total. The topological polar surface area (TPSA) is 67.5 Å². The number of hydrogen-bond donors (Lipinski definition) is 1. The van der Waals surface area contributed by atoms with Gasteiger partial charge in [0, 0.05) is 17.8 Å². The van der Waals surface area contributed by atoms with Crippen molar-refractivity contribution in [2.24, 2.45) is 5.10 Å². The van der Waals surface area contributed by atoms with Gasteiger partial charge in [0.1, 0.15) is 0 Å². The average molecular weight is 221 g/mol. The third-order valence-corrected chi connectivity index (χ3v) is 2.07. The molecule has 16 heavy (non-hydrogen) atoms. The number of nitro groups is 1. The quantitative estimate of drug-likeness (QED) is 0.471. The summed E-state index contributed by atoms with van der Waals surface area (Å²) in [5, 5.41) is 14.6. The summed E-state index contributed by atoms with van der Waals surface area (Å²) in [6, 6.07) is 6.18. The highest BCUT2D eigenvalue weighted by atomic mass is 16.6. The number of nitrogens with one attached hydrogen (secondary N) is 1. The van der Waals surface area contributed by atoms with Crippen LogP contribution in [0.4, 0.5) is 11.4 Å². The molecule has 0 saturated carbocycles. The van der Waals surface area contributed by atoms with Crippen LogP contribution in [0.1, 0.15) is 26.7 Å². The van der Waals surface area contributed by atoms with Crippen LogP contribution < -0.4 is 5.43 Å². The smallest absolute Gasteiger partial charge is 0.269 e. The Morgan fingerprint density at radius 1 is 1.44 bits per heavy atom. The van der Waals surface area contributed by atoms with Crippen LogP contribution in [0.3, 0.4) is 0 Å². The normalized spacial score (nSPS) is 11.2. The molecule has 0 saturated heterocycles. The summed E-state index contributed by atoms with van der Waals surface area (Å²) < 4.78 is 0. The zero-order valence-corrected chi connectivity index (χ0v) is 9.43. The molecule has 0 heterocycles. The van der Waals surface area contributed by atoms with E-state index < -0.39 is 4.92 Å². The van der Waals surface area contributed by atoms with Crippen LogP contribution >= 0.6 is 0 Å². The van der Waals surface area contributed by atoms with Crippen molar-refractivity contribution in [3.63, 3.8) is 0 Å². The summed E-state index contributed by atoms with van der Waals surface area (Å²) in [5.41, 5.74) is 4.71. The Morgan fingerprint density at radius 2 is 2.06 bits per heavy atom. The molecule has 1 N–H and O–H groups in total. The number of nitro benzene ring substituents is 1. The molecule has 0 aromatic heterocycles. The van der Waals surface area contributed by atoms with Gasteiger partial charge < -0.3 is 0 Å². The Hall–Kier alpha value is -1.91. The third-order valence-electron chi connectivity index (χ3n) is 2.07. The van der Waals surface area contributed by atoms with Crippen LogP contribution in [-0.4, -0.2) is 10.6 Å². The molecule has 1 aromatic carbocycles. The molecule has 0 amide bonds. The first kappa shape index (κ1) is 12.2. The van der Waals surface area contributed by atoms with Gasteiger partial charge in [0.05, 0.1) is 10.6 Å². The average Bonchev–Trinajstić information content (AvgIpc) is 2.27. The Morgan fingerprint density at radius 3 is 2.56 bits per heavy atom. The van der Waals surface area contributed by atoms with Gasteiger partial charge in [-0.3, -0.25) is 15.5 Å². The first-order valence-corrected chi connectivity index (χ1v) is 5.17. The second kappa shape index (κ2) is 5.85. The van der Waals surface area contributed by atoms with Crippen molar-refractivity contribution in [2.75, 3.05) is 5.43 Å². The van der Waals surface area contributed by atoms with Crippen LogP contribution in [0.2, 0.25) is 0 Å². The molecule has 0 bridgehead atoms. The van der Waals surface area contributed by atoms with Gasteiger partial charge in [-0.25, -0.2) is 0 Å². The van der Waals surface area contributed by atoms with Crippen molar-refractivity contribution < 1.29 is 4.92 Å². The van der Waals surface area contributed by atoms with Gasteiger partial charge in [-0.05, 0) is 25.5 Å². The van der Waals surface area contributed by atoms with E-state index in [1.54, 1.807) is 12.1 Å². The largest absolute Gasteiger partial charge is 0.279 e. The highest BCUT2D eigenvalue weighted by Gasteiger charge is 2.02. The maximum atomic E-state index is 10.4. The first-order chi connectivity index (χ1) is 7.63. The van der Waals surface area contributed by atoms with E-state index in [9.17, 15) is 10.1 Å². The fraction of sp³-hybridized carbons (Fsp3) is 0.364. The van der Waals surface area contributed by atoms with E-state index in [4.69, 9.17) is 0 Å². The molecular weight excluding hydrogens is 206 g/mol. The van der Waals surface area contributed by atoms with Crippen molar-refractivity contribution >= 4 is 17.1 Å². The van der Waals surface area contributed by atoms with Crippen molar-refractivity contribution in [1.29, 1.82) is 0 Å². The number of nitrogens with zero attached hydrogens (tertiary/aromatic N) is 2. The van der Waals surface area contributed by atoms with E-state index in [1.807, 2.05) is 6.92 Å². The Bertz CT molecular complexity index is 385. The van der Waals surface area contributed by atoms with Crippen LogP contribution in [0.5, 0.6) is 0 Å². The minimum Gasteiger partial charge on any atom is -0.279 e. The maximum absolute atomic E-state index is 10.4. The lowest BCUT2D eigenvalue weighted by Gasteiger charge is -2.01. The summed E-state index contributed by atoms with van der Waals surface area (Å²) in [6.45, 7) is 4.03. The fourth-order valence-electron chi connectivity index (χ4n) is 1.24. The number of non-ortho nitro benzene ring substituents is 1. The van der Waals surface area contributed by atoms with Gasteiger partial charge in [-0.1, -0.05) is 13.3 Å². The molecule has 0 radical (unpaired) electrons. The molecule has 1 aromatic rings. The molecule has 0 unspecified atom stereocenters. The lowest BCUT2D eigenvalue weighted by Crippen LogP contribution is -1.97. The zero-order valence-electron chi connectivity index (χ0n) is 9.43. The van der Waals surface area contributed by atoms with Gasteiger partial charge in [-0.15, -0.1) is 0 Å². The van der Waals surface area contributed by atoms with Gasteiger partial charge in [0.15, 0.2) is 0 Å². The Balaban J connectivity index is 2.62. The van der Waals surface area contributed by atoms with Gasteiger partial charge >= 0.3 is 0 Å². The van der Waals surface area contributed by atoms with Gasteiger partial charge in [0.25, 0.3) is 5.69 Å². The number of anilines is 1. The number of benzene rings is 1. The molecule has 0 aliphatic heterocycles. The fourth-order valence-corrected chi connectivity index (χ4v) is 1.24. The summed E-state index contributed by atoms with van der Waals surface area (Å²) >= 11 is 0. The van der Waals surface area contributed by atoms with Crippen LogP contribution in [0.25, 0.3) is 0 Å². The molecule has 0 aliphatic carbocycles. The predicted molar refractivity (Wildman–Crippen MR) is 64.7 cm³/mol. The highest BCUT2D eigenvalue weighted by Crippen LogP contribution is 2.15. The molecule has 0 aliphatic rings. The van der Waals surface area contributed by atoms with Crippen molar-refractivity contribution in [3.8, 4) is 0 Å². The van der Waals surface area contributed by atoms with Crippen LogP contribution in [0.15, 0.2) is 29.4 Å². The standard InChI is InChI=1S/C11H15N3O2/c1-3-4-9(2)12-13-10-5-7-11(8-6-10)14(15)16/h5-8,13H,3-4H2,1-2H3/b12-9+. The lowest BCUT2D eigenvalue weighted by atomic mass is 10.2. The van der Waals surface area contributed by atoms with Gasteiger partial charge in [-0.2, -0.15) is 5.10 Å². The van der Waals surface area contributed by atoms with Crippen LogP contribution in [0, 0.1) is 10.1 Å². The van der Waals surface area contributed by atoms with Crippen molar-refractivity contribution in [3.05, 3.63) is 34.4 Å². The number of rotatable bonds is 5. The van der Waals surface area contributed by atoms with Gasteiger partial charge in [0.2, 0.25) is 0 Å². The molecule has 0 fully saturated rings. The summed E-state index contributed by atoms with van der Waals surface area (Å²) in [7, 11) is 0. The Kier molecular flexibility index (Phi) is 4.44. The SMILES string of the molecule is CCC/C(C)=N/Nc1ccc([N+](=O)[O-])cc1. The maximum Gasteiger partial charge on any atom is 0.269 e. The van der Waals surface area contributed by atoms with E-state index in [2.05, 4.69) is 17.5 Å². The second-order valence-corrected chi connectivity index (χ2v) is 3.51.